The lowest BCUT2D eigenvalue weighted by molar-refractivity contribution is -0.0559. The molecule has 3 aromatic carbocycles. The van der Waals surface area contributed by atoms with E-state index in [4.69, 9.17) is 25.7 Å². The lowest BCUT2D eigenvalue weighted by atomic mass is 9.47. The second-order valence-electron chi connectivity index (χ2n) is 18.9. The fourth-order valence-electron chi connectivity index (χ4n) is 11.8. The van der Waals surface area contributed by atoms with Crippen LogP contribution in [0.5, 0.6) is 11.5 Å². The number of benzene rings is 3. The van der Waals surface area contributed by atoms with Crippen molar-refractivity contribution in [2.24, 2.45) is 46.3 Å². The molecule has 3 aromatic rings. The summed E-state index contributed by atoms with van der Waals surface area (Å²) in [6.45, 7) is 12.8. The van der Waals surface area contributed by atoms with Gasteiger partial charge in [0.1, 0.15) is 30.8 Å². The van der Waals surface area contributed by atoms with E-state index in [0.29, 0.717) is 39.1 Å². The standard InChI is InChI=1S/C51H66N2O5/c1-33(2)7-6-8-34(3)45-20-21-46-44-19-14-38-31-43(23-25-50(38,4)47(44)24-26-51(45,46)5)58-42-15-9-35(10-16-42)11-22-48(54)36-12-17-41(18-13-36)56-27-28-57-49(55)37-29-39(52)32-40(53)30-37/h9-18,22,29-30,32-34,43-47H,6-8,19-21,23-28,31,52-53H2,1-5H3/t34-,43?,44?,45-,46?,47?,50+,51-/m1/s1. The molecule has 0 saturated heterocycles. The molecule has 4 N–H and O–H groups in total. The number of ether oxygens (including phenoxy) is 3. The molecule has 3 fully saturated rings. The van der Waals surface area contributed by atoms with Crippen molar-refractivity contribution in [2.75, 3.05) is 24.7 Å². The first-order valence-corrected chi connectivity index (χ1v) is 22.1. The highest BCUT2D eigenvalue weighted by Gasteiger charge is 2.59. The van der Waals surface area contributed by atoms with Crippen molar-refractivity contribution in [3.05, 3.63) is 101 Å². The Kier molecular flexibility index (Phi) is 12.8. The molecule has 8 atom stereocenters. The molecule has 7 rings (SSSR count). The van der Waals surface area contributed by atoms with E-state index in [0.717, 1.165) is 59.7 Å². The van der Waals surface area contributed by atoms with E-state index in [9.17, 15) is 9.59 Å². The van der Waals surface area contributed by atoms with Crippen molar-refractivity contribution < 1.29 is 23.8 Å². The predicted octanol–water partition coefficient (Wildman–Crippen LogP) is 11.8. The largest absolute Gasteiger partial charge is 0.490 e. The molecule has 0 spiro atoms. The van der Waals surface area contributed by atoms with Gasteiger partial charge in [0.2, 0.25) is 0 Å². The van der Waals surface area contributed by atoms with Crippen LogP contribution >= 0.6 is 0 Å². The number of esters is 1. The third-order valence-corrected chi connectivity index (χ3v) is 14.8. The molecule has 58 heavy (non-hydrogen) atoms. The minimum absolute atomic E-state index is 0.0542. The fraction of sp³-hybridized carbons (Fsp3) is 0.529. The number of ketones is 1. The van der Waals surface area contributed by atoms with Crippen molar-refractivity contribution >= 4 is 29.2 Å². The van der Waals surface area contributed by atoms with Crippen molar-refractivity contribution in [1.29, 1.82) is 0 Å². The number of rotatable bonds is 15. The first kappa shape index (κ1) is 41.6. The van der Waals surface area contributed by atoms with Crippen LogP contribution in [0.2, 0.25) is 0 Å². The molecule has 0 amide bonds. The van der Waals surface area contributed by atoms with Crippen molar-refractivity contribution in [3.8, 4) is 11.5 Å². The Hall–Kier alpha value is -4.52. The molecule has 0 aliphatic heterocycles. The van der Waals surface area contributed by atoms with Crippen LogP contribution in [0.25, 0.3) is 6.08 Å². The highest BCUT2D eigenvalue weighted by molar-refractivity contribution is 6.06. The average Bonchev–Trinajstić information content (AvgIpc) is 3.56. The van der Waals surface area contributed by atoms with E-state index in [1.165, 1.54) is 69.9 Å². The maximum Gasteiger partial charge on any atom is 0.338 e. The minimum atomic E-state index is -0.523. The Labute approximate surface area is 347 Å². The number of carbonyl (C=O) groups excluding carboxylic acids is 2. The second kappa shape index (κ2) is 17.8. The molecular formula is C51H66N2O5. The van der Waals surface area contributed by atoms with Crippen LogP contribution in [0.4, 0.5) is 11.4 Å². The van der Waals surface area contributed by atoms with Crippen molar-refractivity contribution in [2.45, 2.75) is 111 Å². The average molecular weight is 787 g/mol. The summed E-state index contributed by atoms with van der Waals surface area (Å²) in [5.74, 6) is 5.95. The Morgan fingerprint density at radius 1 is 0.810 bits per heavy atom. The smallest absolute Gasteiger partial charge is 0.338 e. The number of nitrogen functional groups attached to an aromatic ring is 2. The van der Waals surface area contributed by atoms with E-state index in [1.54, 1.807) is 42.0 Å². The van der Waals surface area contributed by atoms with Gasteiger partial charge in [0.05, 0.1) is 5.56 Å². The molecule has 0 bridgehead atoms. The normalized spacial score (nSPS) is 28.2. The SMILES string of the molecule is CC(C)CCC[C@@H](C)[C@H]1CCC2C3CC=C4CC(Oc5ccc(C=CC(=O)c6ccc(OCCOC(=O)c7cc(N)cc(N)c7)cc6)cc5)CC[C@]4(C)C3CC[C@@]21C. The van der Waals surface area contributed by atoms with E-state index in [1.807, 2.05) is 30.3 Å². The second-order valence-corrected chi connectivity index (χ2v) is 18.9. The van der Waals surface area contributed by atoms with Gasteiger partial charge in [-0.05, 0) is 158 Å². The van der Waals surface area contributed by atoms with Gasteiger partial charge in [0.25, 0.3) is 0 Å². The summed E-state index contributed by atoms with van der Waals surface area (Å²) in [7, 11) is 0. The maximum atomic E-state index is 12.9. The minimum Gasteiger partial charge on any atom is -0.490 e. The zero-order valence-corrected chi connectivity index (χ0v) is 35.5. The molecule has 7 heteroatoms. The van der Waals surface area contributed by atoms with Gasteiger partial charge in [-0.15, -0.1) is 0 Å². The molecule has 4 unspecified atom stereocenters. The van der Waals surface area contributed by atoms with Crippen molar-refractivity contribution in [3.63, 3.8) is 0 Å². The zero-order valence-electron chi connectivity index (χ0n) is 35.5. The van der Waals surface area contributed by atoms with Crippen LogP contribution in [0, 0.1) is 46.3 Å². The van der Waals surface area contributed by atoms with E-state index in [-0.39, 0.29) is 25.1 Å². The van der Waals surface area contributed by atoms with Crippen LogP contribution in [0.1, 0.15) is 132 Å². The van der Waals surface area contributed by atoms with Crippen molar-refractivity contribution in [1.82, 2.24) is 0 Å². The van der Waals surface area contributed by atoms with E-state index in [2.05, 4.69) is 40.7 Å². The highest BCUT2D eigenvalue weighted by atomic mass is 16.6. The lowest BCUT2D eigenvalue weighted by Gasteiger charge is -2.58. The van der Waals surface area contributed by atoms with Crippen LogP contribution in [0.3, 0.4) is 0 Å². The molecule has 7 nitrogen and oxygen atoms in total. The van der Waals surface area contributed by atoms with Gasteiger partial charge in [-0.2, -0.15) is 0 Å². The quantitative estimate of drug-likeness (QED) is 0.0394. The fourth-order valence-corrected chi connectivity index (χ4v) is 11.8. The van der Waals surface area contributed by atoms with E-state index >= 15 is 0 Å². The Morgan fingerprint density at radius 3 is 2.26 bits per heavy atom. The molecular weight excluding hydrogens is 721 g/mol. The van der Waals surface area contributed by atoms with Gasteiger partial charge < -0.3 is 25.7 Å². The summed E-state index contributed by atoms with van der Waals surface area (Å²) in [5, 5.41) is 0. The molecule has 0 aromatic heterocycles. The third kappa shape index (κ3) is 9.19. The monoisotopic (exact) mass is 786 g/mol. The Bertz CT molecular complexity index is 1950. The predicted molar refractivity (Wildman–Crippen MR) is 235 cm³/mol. The van der Waals surface area contributed by atoms with E-state index < -0.39 is 5.97 Å². The molecule has 4 aliphatic rings. The topological polar surface area (TPSA) is 114 Å². The Balaban J connectivity index is 0.865. The maximum absolute atomic E-state index is 12.9. The summed E-state index contributed by atoms with van der Waals surface area (Å²) in [4.78, 5) is 25.2. The first-order chi connectivity index (χ1) is 27.8. The summed E-state index contributed by atoms with van der Waals surface area (Å²) >= 11 is 0. The van der Waals surface area contributed by atoms with Gasteiger partial charge in [-0.25, -0.2) is 4.79 Å². The first-order valence-electron chi connectivity index (χ1n) is 22.1. The summed E-state index contributed by atoms with van der Waals surface area (Å²) < 4.78 is 17.6. The highest BCUT2D eigenvalue weighted by Crippen LogP contribution is 2.67. The van der Waals surface area contributed by atoms with Gasteiger partial charge in [-0.1, -0.05) is 83.7 Å². The molecule has 0 heterocycles. The number of nitrogens with two attached hydrogens (primary N) is 2. The number of anilines is 2. The van der Waals surface area contributed by atoms with Gasteiger partial charge in [0.15, 0.2) is 5.78 Å². The summed E-state index contributed by atoms with van der Waals surface area (Å²) in [6.07, 6.45) is 20.8. The van der Waals surface area contributed by atoms with Crippen LogP contribution in [0.15, 0.2) is 84.5 Å². The molecule has 4 aliphatic carbocycles. The third-order valence-electron chi connectivity index (χ3n) is 14.8. The number of carbonyl (C=O) groups is 2. The molecule has 3 saturated carbocycles. The van der Waals surface area contributed by atoms with Crippen LogP contribution in [-0.2, 0) is 4.74 Å². The number of allylic oxidation sites excluding steroid dienone is 2. The number of fused-ring (bicyclic) bond motifs is 5. The Morgan fingerprint density at radius 2 is 1.53 bits per heavy atom. The van der Waals surface area contributed by atoms with Gasteiger partial charge >= 0.3 is 5.97 Å². The summed E-state index contributed by atoms with van der Waals surface area (Å²) in [5.41, 5.74) is 16.6. The van der Waals surface area contributed by atoms with Gasteiger partial charge in [0, 0.05) is 23.4 Å². The lowest BCUT2D eigenvalue weighted by Crippen LogP contribution is -2.51. The number of hydrogen-bond donors (Lipinski definition) is 2. The number of hydrogen-bond acceptors (Lipinski definition) is 7. The van der Waals surface area contributed by atoms with Crippen LogP contribution < -0.4 is 20.9 Å². The molecule has 310 valence electrons. The zero-order chi connectivity index (χ0) is 41.0. The van der Waals surface area contributed by atoms with Gasteiger partial charge in [-0.3, -0.25) is 4.79 Å². The van der Waals surface area contributed by atoms with Crippen LogP contribution in [-0.4, -0.2) is 31.1 Å². The summed E-state index contributed by atoms with van der Waals surface area (Å²) in [6, 6.07) is 19.6. The molecule has 0 radical (unpaired) electrons.